The quantitative estimate of drug-likeness (QED) is 0.752. The number of nitrogens with one attached hydrogen (secondary N) is 1. The first kappa shape index (κ1) is 13.1. The molecular formula is C14H23NOS. The summed E-state index contributed by atoms with van der Waals surface area (Å²) in [5.74, 6) is 0.834. The summed E-state index contributed by atoms with van der Waals surface area (Å²) in [5, 5.41) is 5.53. The zero-order valence-corrected chi connectivity index (χ0v) is 11.3. The Balaban J connectivity index is 1.43. The fraction of sp³-hybridized carbons (Fsp3) is 0.714. The minimum Gasteiger partial charge on any atom is -0.380 e. The molecule has 1 N–H and O–H groups in total. The number of ether oxygens (including phenoxy) is 1. The molecule has 2 rings (SSSR count). The molecule has 17 heavy (non-hydrogen) atoms. The molecule has 1 aromatic heterocycles. The molecule has 1 aliphatic rings. The van der Waals surface area contributed by atoms with E-state index < -0.39 is 0 Å². The van der Waals surface area contributed by atoms with Crippen LogP contribution in [0.3, 0.4) is 0 Å². The van der Waals surface area contributed by atoms with Crippen LogP contribution >= 0.6 is 11.3 Å². The highest BCUT2D eigenvalue weighted by Gasteiger charge is 2.12. The smallest absolute Gasteiger partial charge is 0.0591 e. The fourth-order valence-electron chi connectivity index (χ4n) is 2.37. The Morgan fingerprint density at radius 1 is 1.29 bits per heavy atom. The topological polar surface area (TPSA) is 21.3 Å². The second-order valence-corrected chi connectivity index (χ2v) is 5.87. The van der Waals surface area contributed by atoms with E-state index in [1.54, 1.807) is 11.3 Å². The van der Waals surface area contributed by atoms with Crippen molar-refractivity contribution in [3.8, 4) is 0 Å². The molecule has 3 heteroatoms. The molecule has 0 atom stereocenters. The van der Waals surface area contributed by atoms with Crippen LogP contribution in [0.5, 0.6) is 0 Å². The summed E-state index contributed by atoms with van der Waals surface area (Å²) in [6.45, 7) is 3.76. The van der Waals surface area contributed by atoms with Gasteiger partial charge in [0.15, 0.2) is 0 Å². The Hall–Kier alpha value is -0.380. The molecule has 0 aliphatic heterocycles. The average molecular weight is 253 g/mol. The molecule has 1 saturated carbocycles. The van der Waals surface area contributed by atoms with Crippen molar-refractivity contribution < 1.29 is 4.74 Å². The molecule has 0 aromatic carbocycles. The van der Waals surface area contributed by atoms with Gasteiger partial charge in [-0.3, -0.25) is 0 Å². The van der Waals surface area contributed by atoms with Crippen LogP contribution in [-0.2, 0) is 11.3 Å². The zero-order chi connectivity index (χ0) is 11.8. The largest absolute Gasteiger partial charge is 0.380 e. The number of rotatable bonds is 7. The van der Waals surface area contributed by atoms with Gasteiger partial charge in [-0.2, -0.15) is 0 Å². The summed E-state index contributed by atoms with van der Waals surface area (Å²) in [6, 6.07) is 4.27. The maximum atomic E-state index is 5.73. The summed E-state index contributed by atoms with van der Waals surface area (Å²) in [7, 11) is 0. The molecule has 0 unspecified atom stereocenters. The lowest BCUT2D eigenvalue weighted by atomic mass is 9.90. The van der Waals surface area contributed by atoms with Gasteiger partial charge in [0.2, 0.25) is 0 Å². The Labute approximate surface area is 108 Å². The van der Waals surface area contributed by atoms with Crippen molar-refractivity contribution >= 4 is 11.3 Å². The van der Waals surface area contributed by atoms with Gasteiger partial charge in [-0.15, -0.1) is 11.3 Å². The maximum Gasteiger partial charge on any atom is 0.0591 e. The van der Waals surface area contributed by atoms with E-state index in [-0.39, 0.29) is 0 Å². The molecular weight excluding hydrogens is 230 g/mol. The predicted octanol–water partition coefficient (Wildman–Crippen LogP) is 3.43. The van der Waals surface area contributed by atoms with Crippen LogP contribution in [-0.4, -0.2) is 19.8 Å². The van der Waals surface area contributed by atoms with Gasteiger partial charge in [0.1, 0.15) is 0 Å². The average Bonchev–Trinajstić information content (AvgIpc) is 2.88. The van der Waals surface area contributed by atoms with Crippen LogP contribution in [0.15, 0.2) is 17.5 Å². The third-order valence-electron chi connectivity index (χ3n) is 3.38. The highest BCUT2D eigenvalue weighted by molar-refractivity contribution is 7.09. The van der Waals surface area contributed by atoms with Gasteiger partial charge in [-0.05, 0) is 30.2 Å². The molecule has 0 radical (unpaired) electrons. The number of thiophene rings is 1. The van der Waals surface area contributed by atoms with Crippen LogP contribution in [0.25, 0.3) is 0 Å². The van der Waals surface area contributed by atoms with Gasteiger partial charge in [-0.25, -0.2) is 0 Å². The van der Waals surface area contributed by atoms with Crippen molar-refractivity contribution in [2.24, 2.45) is 5.92 Å². The van der Waals surface area contributed by atoms with Gasteiger partial charge in [0.25, 0.3) is 0 Å². The minimum absolute atomic E-state index is 0.834. The molecule has 1 aliphatic carbocycles. The first-order valence-electron chi connectivity index (χ1n) is 6.76. The van der Waals surface area contributed by atoms with E-state index in [4.69, 9.17) is 4.74 Å². The highest BCUT2D eigenvalue weighted by atomic mass is 32.1. The van der Waals surface area contributed by atoms with Crippen molar-refractivity contribution in [2.75, 3.05) is 19.8 Å². The van der Waals surface area contributed by atoms with Gasteiger partial charge in [-0.1, -0.05) is 25.3 Å². The van der Waals surface area contributed by atoms with Crippen LogP contribution in [0, 0.1) is 5.92 Å². The van der Waals surface area contributed by atoms with Gasteiger partial charge in [0, 0.05) is 24.6 Å². The second kappa shape index (κ2) is 7.85. The van der Waals surface area contributed by atoms with E-state index in [0.717, 1.165) is 32.2 Å². The van der Waals surface area contributed by atoms with Crippen molar-refractivity contribution in [1.82, 2.24) is 5.32 Å². The molecule has 1 heterocycles. The molecule has 96 valence electrons. The highest BCUT2D eigenvalue weighted by Crippen LogP contribution is 2.23. The summed E-state index contributed by atoms with van der Waals surface area (Å²) in [6.07, 6.45) is 7.00. The zero-order valence-electron chi connectivity index (χ0n) is 10.5. The third kappa shape index (κ3) is 5.19. The molecule has 2 nitrogen and oxygen atoms in total. The monoisotopic (exact) mass is 253 g/mol. The first-order valence-corrected chi connectivity index (χ1v) is 7.64. The summed E-state index contributed by atoms with van der Waals surface area (Å²) in [4.78, 5) is 1.40. The molecule has 1 fully saturated rings. The normalized spacial score (nSPS) is 17.4. The van der Waals surface area contributed by atoms with E-state index in [2.05, 4.69) is 22.8 Å². The van der Waals surface area contributed by atoms with Gasteiger partial charge < -0.3 is 10.1 Å². The van der Waals surface area contributed by atoms with Crippen LogP contribution < -0.4 is 5.32 Å². The lowest BCUT2D eigenvalue weighted by Crippen LogP contribution is -2.21. The Bertz CT molecular complexity index is 280. The van der Waals surface area contributed by atoms with Crippen molar-refractivity contribution in [3.05, 3.63) is 22.4 Å². The van der Waals surface area contributed by atoms with Gasteiger partial charge >= 0.3 is 0 Å². The Morgan fingerprint density at radius 3 is 2.94 bits per heavy atom. The van der Waals surface area contributed by atoms with Crippen molar-refractivity contribution in [1.29, 1.82) is 0 Å². The van der Waals surface area contributed by atoms with E-state index in [1.807, 2.05) is 0 Å². The molecule has 0 spiro atoms. The van der Waals surface area contributed by atoms with Crippen LogP contribution in [0.4, 0.5) is 0 Å². The Morgan fingerprint density at radius 2 is 2.18 bits per heavy atom. The molecule has 0 bridgehead atoms. The minimum atomic E-state index is 0.834. The molecule has 0 amide bonds. The summed E-state index contributed by atoms with van der Waals surface area (Å²) < 4.78 is 5.73. The third-order valence-corrected chi connectivity index (χ3v) is 4.26. The van der Waals surface area contributed by atoms with E-state index in [9.17, 15) is 0 Å². The van der Waals surface area contributed by atoms with E-state index in [1.165, 1.54) is 37.0 Å². The van der Waals surface area contributed by atoms with Crippen LogP contribution in [0.2, 0.25) is 0 Å². The molecule has 1 aromatic rings. The van der Waals surface area contributed by atoms with Crippen LogP contribution in [0.1, 0.15) is 37.0 Å². The fourth-order valence-corrected chi connectivity index (χ4v) is 3.05. The number of hydrogen-bond donors (Lipinski definition) is 1. The lowest BCUT2D eigenvalue weighted by molar-refractivity contribution is 0.0869. The summed E-state index contributed by atoms with van der Waals surface area (Å²) >= 11 is 1.81. The predicted molar refractivity (Wildman–Crippen MR) is 73.4 cm³/mol. The lowest BCUT2D eigenvalue weighted by Gasteiger charge is -2.21. The summed E-state index contributed by atoms with van der Waals surface area (Å²) in [5.41, 5.74) is 0. The Kier molecular flexibility index (Phi) is 6.03. The standard InChI is InChI=1S/C14H23NOS/c1-2-5-13(6-3-1)12-16-9-8-15-11-14-7-4-10-17-14/h4,7,10,13,15H,1-3,5-6,8-9,11-12H2. The van der Waals surface area contributed by atoms with E-state index >= 15 is 0 Å². The van der Waals surface area contributed by atoms with E-state index in [0.29, 0.717) is 0 Å². The first-order chi connectivity index (χ1) is 8.45. The van der Waals surface area contributed by atoms with Crippen molar-refractivity contribution in [2.45, 2.75) is 38.6 Å². The van der Waals surface area contributed by atoms with Crippen molar-refractivity contribution in [3.63, 3.8) is 0 Å². The van der Waals surface area contributed by atoms with Gasteiger partial charge in [0.05, 0.1) is 6.61 Å². The maximum absolute atomic E-state index is 5.73. The number of hydrogen-bond acceptors (Lipinski definition) is 3. The second-order valence-electron chi connectivity index (χ2n) is 4.84. The SMILES string of the molecule is c1csc(CNCCOCC2CCCCC2)c1. The molecule has 0 saturated heterocycles.